The number of methoxy groups -OCH3 is 1. The Morgan fingerprint density at radius 1 is 0.842 bits per heavy atom. The van der Waals surface area contributed by atoms with Gasteiger partial charge in [-0.05, 0) is 72.2 Å². The van der Waals surface area contributed by atoms with E-state index in [1.807, 2.05) is 30.3 Å². The van der Waals surface area contributed by atoms with Crippen LogP contribution in [0.3, 0.4) is 0 Å². The molecular formula is C33H30N2O3. The number of rotatable bonds is 9. The molecule has 5 heteroatoms. The molecule has 190 valence electrons. The van der Waals surface area contributed by atoms with Crippen LogP contribution >= 0.6 is 0 Å². The quantitative estimate of drug-likeness (QED) is 0.153. The standard InChI is InChI=1S/C33H30N2O3/c1-37-32(36)14-6-3-9-19-38-27-16-18-30-31(22-27)35(33(34-30)23-10-4-2-5-11-23)26-15-17-29-25(21-26)20-24-12-7-8-13-28(24)29/h2,4-5,7-8,10-13,15-18,21-22H,3,6,9,14,19-20H2,1H3. The summed E-state index contributed by atoms with van der Waals surface area (Å²) < 4.78 is 13.1. The number of hydrogen-bond acceptors (Lipinski definition) is 4. The number of aromatic nitrogens is 2. The molecule has 38 heavy (non-hydrogen) atoms. The predicted octanol–water partition coefficient (Wildman–Crippen LogP) is 7.38. The van der Waals surface area contributed by atoms with Crippen molar-refractivity contribution in [3.63, 3.8) is 0 Å². The smallest absolute Gasteiger partial charge is 0.305 e. The zero-order chi connectivity index (χ0) is 25.9. The molecule has 0 atom stereocenters. The van der Waals surface area contributed by atoms with Crippen LogP contribution in [0.4, 0.5) is 0 Å². The minimum atomic E-state index is -0.158. The van der Waals surface area contributed by atoms with Gasteiger partial charge in [0.05, 0.1) is 24.8 Å². The maximum Gasteiger partial charge on any atom is 0.305 e. The minimum absolute atomic E-state index is 0.158. The Hall–Kier alpha value is -4.38. The lowest BCUT2D eigenvalue weighted by Crippen LogP contribution is -2.01. The van der Waals surface area contributed by atoms with Crippen molar-refractivity contribution in [2.24, 2.45) is 0 Å². The average Bonchev–Trinajstić information content (AvgIpc) is 3.53. The third kappa shape index (κ3) is 4.68. The molecule has 0 fully saturated rings. The van der Waals surface area contributed by atoms with Crippen LogP contribution in [0.1, 0.15) is 36.8 Å². The van der Waals surface area contributed by atoms with Crippen LogP contribution in [0.25, 0.3) is 39.2 Å². The predicted molar refractivity (Wildman–Crippen MR) is 151 cm³/mol. The number of unbranched alkanes of at least 4 members (excludes halogenated alkanes) is 2. The Balaban J connectivity index is 1.32. The lowest BCUT2D eigenvalue weighted by molar-refractivity contribution is -0.140. The van der Waals surface area contributed by atoms with Gasteiger partial charge < -0.3 is 9.47 Å². The lowest BCUT2D eigenvalue weighted by Gasteiger charge is -2.12. The van der Waals surface area contributed by atoms with Gasteiger partial charge in [0.25, 0.3) is 0 Å². The summed E-state index contributed by atoms with van der Waals surface area (Å²) in [4.78, 5) is 16.3. The second kappa shape index (κ2) is 10.5. The van der Waals surface area contributed by atoms with E-state index in [0.717, 1.165) is 59.5 Å². The summed E-state index contributed by atoms with van der Waals surface area (Å²) in [6, 6.07) is 31.8. The van der Waals surface area contributed by atoms with Crippen molar-refractivity contribution in [2.75, 3.05) is 13.7 Å². The third-order valence-corrected chi connectivity index (χ3v) is 7.22. The first kappa shape index (κ1) is 24.0. The van der Waals surface area contributed by atoms with E-state index in [1.165, 1.54) is 29.4 Å². The van der Waals surface area contributed by atoms with E-state index in [-0.39, 0.29) is 5.97 Å². The highest BCUT2D eigenvalue weighted by Gasteiger charge is 2.21. The van der Waals surface area contributed by atoms with E-state index in [2.05, 4.69) is 65.2 Å². The molecule has 6 rings (SSSR count). The first-order chi connectivity index (χ1) is 18.7. The fourth-order valence-electron chi connectivity index (χ4n) is 5.30. The van der Waals surface area contributed by atoms with Gasteiger partial charge in [0.1, 0.15) is 11.6 Å². The number of nitrogens with zero attached hydrogens (tertiary/aromatic N) is 2. The van der Waals surface area contributed by atoms with Gasteiger partial charge >= 0.3 is 5.97 Å². The first-order valence-electron chi connectivity index (χ1n) is 13.2. The Bertz CT molecular complexity index is 1600. The number of carbonyl (C=O) groups excluding carboxylic acids is 1. The number of hydrogen-bond donors (Lipinski definition) is 0. The molecule has 0 amide bonds. The van der Waals surface area contributed by atoms with Crippen LogP contribution < -0.4 is 4.74 Å². The fraction of sp³-hybridized carbons (Fsp3) is 0.212. The summed E-state index contributed by atoms with van der Waals surface area (Å²) in [6.07, 6.45) is 4.01. The molecule has 4 aromatic carbocycles. The summed E-state index contributed by atoms with van der Waals surface area (Å²) in [6.45, 7) is 0.601. The number of esters is 1. The van der Waals surface area contributed by atoms with Crippen molar-refractivity contribution >= 4 is 17.0 Å². The van der Waals surface area contributed by atoms with Gasteiger partial charge in [-0.2, -0.15) is 0 Å². The molecule has 0 saturated carbocycles. The minimum Gasteiger partial charge on any atom is -0.494 e. The molecule has 5 aromatic rings. The van der Waals surface area contributed by atoms with Crippen LogP contribution in [0.2, 0.25) is 0 Å². The van der Waals surface area contributed by atoms with Gasteiger partial charge in [-0.15, -0.1) is 0 Å². The number of ether oxygens (including phenoxy) is 2. The van der Waals surface area contributed by atoms with Gasteiger partial charge in [-0.1, -0.05) is 60.7 Å². The van der Waals surface area contributed by atoms with Crippen molar-refractivity contribution in [2.45, 2.75) is 32.1 Å². The van der Waals surface area contributed by atoms with E-state index in [1.54, 1.807) is 0 Å². The molecule has 0 saturated heterocycles. The van der Waals surface area contributed by atoms with Crippen LogP contribution in [0, 0.1) is 0 Å². The molecule has 0 radical (unpaired) electrons. The Morgan fingerprint density at radius 3 is 2.53 bits per heavy atom. The van der Waals surface area contributed by atoms with Crippen molar-refractivity contribution < 1.29 is 14.3 Å². The second-order valence-electron chi connectivity index (χ2n) is 9.70. The van der Waals surface area contributed by atoms with Crippen molar-refractivity contribution in [1.29, 1.82) is 0 Å². The van der Waals surface area contributed by atoms with Crippen molar-refractivity contribution in [3.05, 3.63) is 102 Å². The van der Waals surface area contributed by atoms with Crippen molar-refractivity contribution in [3.8, 4) is 34.0 Å². The molecule has 1 aromatic heterocycles. The maximum atomic E-state index is 11.3. The summed E-state index contributed by atoms with van der Waals surface area (Å²) in [5.74, 6) is 1.57. The molecule has 1 heterocycles. The van der Waals surface area contributed by atoms with Gasteiger partial charge in [0.2, 0.25) is 0 Å². The normalized spacial score (nSPS) is 11.8. The highest BCUT2D eigenvalue weighted by atomic mass is 16.5. The van der Waals surface area contributed by atoms with Crippen LogP contribution in [-0.2, 0) is 16.0 Å². The van der Waals surface area contributed by atoms with Gasteiger partial charge in [0, 0.05) is 23.7 Å². The second-order valence-corrected chi connectivity index (χ2v) is 9.70. The number of benzene rings is 4. The Labute approximate surface area is 222 Å². The maximum absolute atomic E-state index is 11.3. The summed E-state index contributed by atoms with van der Waals surface area (Å²) >= 11 is 0. The molecule has 0 N–H and O–H groups in total. The zero-order valence-corrected chi connectivity index (χ0v) is 21.5. The van der Waals surface area contributed by atoms with Gasteiger partial charge in [-0.3, -0.25) is 9.36 Å². The molecule has 0 unspecified atom stereocenters. The number of imidazole rings is 1. The van der Waals surface area contributed by atoms with E-state index < -0.39 is 0 Å². The van der Waals surface area contributed by atoms with Crippen molar-refractivity contribution in [1.82, 2.24) is 9.55 Å². The molecule has 5 nitrogen and oxygen atoms in total. The SMILES string of the molecule is COC(=O)CCCCCOc1ccc2nc(-c3ccccc3)n(-c3ccc4c(c3)Cc3ccccc3-4)c2c1. The lowest BCUT2D eigenvalue weighted by atomic mass is 10.1. The molecule has 1 aliphatic rings. The molecule has 0 spiro atoms. The average molecular weight is 503 g/mol. The molecule has 1 aliphatic carbocycles. The summed E-state index contributed by atoms with van der Waals surface area (Å²) in [5.41, 5.74) is 9.46. The largest absolute Gasteiger partial charge is 0.494 e. The van der Waals surface area contributed by atoms with Gasteiger partial charge in [0.15, 0.2) is 0 Å². The van der Waals surface area contributed by atoms with E-state index in [9.17, 15) is 4.79 Å². The summed E-state index contributed by atoms with van der Waals surface area (Å²) in [7, 11) is 1.43. The molecular weight excluding hydrogens is 472 g/mol. The van der Waals surface area contributed by atoms with Crippen LogP contribution in [0.5, 0.6) is 5.75 Å². The Morgan fingerprint density at radius 2 is 1.66 bits per heavy atom. The highest BCUT2D eigenvalue weighted by molar-refractivity contribution is 5.85. The zero-order valence-electron chi connectivity index (χ0n) is 21.5. The van der Waals surface area contributed by atoms with Crippen LogP contribution in [0.15, 0.2) is 91.0 Å². The van der Waals surface area contributed by atoms with E-state index in [0.29, 0.717) is 13.0 Å². The van der Waals surface area contributed by atoms with E-state index >= 15 is 0 Å². The molecule has 0 bridgehead atoms. The monoisotopic (exact) mass is 502 g/mol. The Kier molecular flexibility index (Phi) is 6.65. The highest BCUT2D eigenvalue weighted by Crippen LogP contribution is 2.39. The summed E-state index contributed by atoms with van der Waals surface area (Å²) in [5, 5.41) is 0. The van der Waals surface area contributed by atoms with Crippen LogP contribution in [-0.4, -0.2) is 29.2 Å². The fourth-order valence-corrected chi connectivity index (χ4v) is 5.30. The third-order valence-electron chi connectivity index (χ3n) is 7.22. The van der Waals surface area contributed by atoms with Gasteiger partial charge in [-0.25, -0.2) is 4.98 Å². The topological polar surface area (TPSA) is 53.4 Å². The van der Waals surface area contributed by atoms with E-state index in [4.69, 9.17) is 14.5 Å². The molecule has 0 aliphatic heterocycles. The number of carbonyl (C=O) groups is 1. The first-order valence-corrected chi connectivity index (χ1v) is 13.2. The number of fused-ring (bicyclic) bond motifs is 4.